The van der Waals surface area contributed by atoms with E-state index in [0.717, 1.165) is 18.5 Å². The van der Waals surface area contributed by atoms with Crippen molar-refractivity contribution in [2.75, 3.05) is 26.7 Å². The number of nitrogens with zero attached hydrogens (tertiary/aromatic N) is 2. The number of nitriles is 1. The Bertz CT molecular complexity index is 561. The molecular weight excluding hydrogens is 306 g/mol. The first-order chi connectivity index (χ1) is 11.3. The van der Waals surface area contributed by atoms with Gasteiger partial charge in [0.1, 0.15) is 17.4 Å². The highest BCUT2D eigenvalue weighted by Crippen LogP contribution is 2.13. The molecular formula is C18H27N3O3. The van der Waals surface area contributed by atoms with E-state index in [2.05, 4.69) is 5.32 Å². The molecule has 0 aromatic heterocycles. The fourth-order valence-electron chi connectivity index (χ4n) is 1.97. The Morgan fingerprint density at radius 2 is 2.12 bits per heavy atom. The summed E-state index contributed by atoms with van der Waals surface area (Å²) in [6.07, 6.45) is 0.533. The van der Waals surface area contributed by atoms with Crippen molar-refractivity contribution in [1.82, 2.24) is 10.2 Å². The maximum Gasteiger partial charge on any atom is 0.410 e. The number of ether oxygens (including phenoxy) is 2. The topological polar surface area (TPSA) is 74.6 Å². The summed E-state index contributed by atoms with van der Waals surface area (Å²) < 4.78 is 10.6. The summed E-state index contributed by atoms with van der Waals surface area (Å²) in [4.78, 5) is 13.4. The standard InChI is InChI=1S/C18H27N3O3/c1-18(2,3)24-17(22)21(4)11-6-10-20-14-15-7-5-8-16(13-15)23-12-9-19/h5,7-8,13,20H,6,10-12,14H2,1-4H3. The summed E-state index contributed by atoms with van der Waals surface area (Å²) in [5.74, 6) is 0.695. The first kappa shape index (κ1) is 19.8. The van der Waals surface area contributed by atoms with Gasteiger partial charge in [0.25, 0.3) is 0 Å². The predicted molar refractivity (Wildman–Crippen MR) is 92.7 cm³/mol. The third kappa shape index (κ3) is 8.39. The molecule has 0 bridgehead atoms. The molecule has 0 saturated heterocycles. The highest BCUT2D eigenvalue weighted by molar-refractivity contribution is 5.67. The molecule has 1 aromatic carbocycles. The minimum Gasteiger partial charge on any atom is -0.479 e. The number of rotatable bonds is 8. The van der Waals surface area contributed by atoms with E-state index in [9.17, 15) is 4.79 Å². The summed E-state index contributed by atoms with van der Waals surface area (Å²) in [6, 6.07) is 9.59. The van der Waals surface area contributed by atoms with Crippen LogP contribution in [0.25, 0.3) is 0 Å². The molecule has 0 spiro atoms. The Morgan fingerprint density at radius 1 is 1.38 bits per heavy atom. The average Bonchev–Trinajstić information content (AvgIpc) is 2.51. The Labute approximate surface area is 144 Å². The number of benzene rings is 1. The van der Waals surface area contributed by atoms with E-state index in [4.69, 9.17) is 14.7 Å². The quantitative estimate of drug-likeness (QED) is 0.740. The van der Waals surface area contributed by atoms with Crippen LogP contribution >= 0.6 is 0 Å². The van der Waals surface area contributed by atoms with E-state index in [1.165, 1.54) is 0 Å². The van der Waals surface area contributed by atoms with E-state index in [1.807, 2.05) is 51.1 Å². The van der Waals surface area contributed by atoms with E-state index < -0.39 is 5.60 Å². The van der Waals surface area contributed by atoms with Gasteiger partial charge in [0, 0.05) is 20.1 Å². The lowest BCUT2D eigenvalue weighted by Gasteiger charge is -2.24. The molecule has 0 atom stereocenters. The molecule has 0 aliphatic rings. The molecule has 24 heavy (non-hydrogen) atoms. The molecule has 0 fully saturated rings. The van der Waals surface area contributed by atoms with E-state index >= 15 is 0 Å². The zero-order valence-electron chi connectivity index (χ0n) is 15.0. The first-order valence-electron chi connectivity index (χ1n) is 8.05. The molecule has 0 radical (unpaired) electrons. The van der Waals surface area contributed by atoms with Crippen LogP contribution in [0.1, 0.15) is 32.8 Å². The van der Waals surface area contributed by atoms with Crippen LogP contribution in [0.5, 0.6) is 5.75 Å². The third-order valence-electron chi connectivity index (χ3n) is 3.08. The van der Waals surface area contributed by atoms with E-state index in [1.54, 1.807) is 11.9 Å². The van der Waals surface area contributed by atoms with Gasteiger partial charge in [-0.05, 0) is 51.4 Å². The van der Waals surface area contributed by atoms with Crippen molar-refractivity contribution in [3.05, 3.63) is 29.8 Å². The summed E-state index contributed by atoms with van der Waals surface area (Å²) in [5.41, 5.74) is 0.619. The van der Waals surface area contributed by atoms with Crippen molar-refractivity contribution in [3.63, 3.8) is 0 Å². The van der Waals surface area contributed by atoms with Crippen molar-refractivity contribution >= 4 is 6.09 Å². The van der Waals surface area contributed by atoms with Gasteiger partial charge in [0.05, 0.1) is 0 Å². The zero-order valence-corrected chi connectivity index (χ0v) is 15.0. The van der Waals surface area contributed by atoms with Gasteiger partial charge in [-0.15, -0.1) is 0 Å². The second-order valence-corrected chi connectivity index (χ2v) is 6.53. The largest absolute Gasteiger partial charge is 0.479 e. The first-order valence-corrected chi connectivity index (χ1v) is 8.05. The second kappa shape index (κ2) is 9.78. The van der Waals surface area contributed by atoms with E-state index in [0.29, 0.717) is 18.8 Å². The molecule has 6 nitrogen and oxygen atoms in total. The SMILES string of the molecule is CN(CCCNCc1cccc(OCC#N)c1)C(=O)OC(C)(C)C. The monoisotopic (exact) mass is 333 g/mol. The molecule has 1 aromatic rings. The summed E-state index contributed by atoms with van der Waals surface area (Å²) in [5, 5.41) is 11.8. The van der Waals surface area contributed by atoms with Gasteiger partial charge in [-0.25, -0.2) is 4.79 Å². The molecule has 6 heteroatoms. The van der Waals surface area contributed by atoms with Crippen LogP contribution in [-0.2, 0) is 11.3 Å². The van der Waals surface area contributed by atoms with Crippen LogP contribution in [0.4, 0.5) is 4.79 Å². The highest BCUT2D eigenvalue weighted by Gasteiger charge is 2.18. The Kier molecular flexibility index (Phi) is 8.07. The van der Waals surface area contributed by atoms with Crippen LogP contribution in [-0.4, -0.2) is 43.3 Å². The number of amides is 1. The van der Waals surface area contributed by atoms with Gasteiger partial charge in [-0.1, -0.05) is 12.1 Å². The fraction of sp³-hybridized carbons (Fsp3) is 0.556. The average molecular weight is 333 g/mol. The predicted octanol–water partition coefficient (Wildman–Crippen LogP) is 2.94. The second-order valence-electron chi connectivity index (χ2n) is 6.53. The summed E-state index contributed by atoms with van der Waals surface area (Å²) >= 11 is 0. The van der Waals surface area contributed by atoms with Crippen LogP contribution < -0.4 is 10.1 Å². The van der Waals surface area contributed by atoms with Crippen molar-refractivity contribution in [1.29, 1.82) is 5.26 Å². The summed E-state index contributed by atoms with van der Waals surface area (Å²) in [7, 11) is 1.74. The maximum absolute atomic E-state index is 11.8. The lowest BCUT2D eigenvalue weighted by molar-refractivity contribution is 0.0297. The zero-order chi connectivity index (χ0) is 18.0. The van der Waals surface area contributed by atoms with Crippen LogP contribution in [0.3, 0.4) is 0 Å². The van der Waals surface area contributed by atoms with Gasteiger partial charge in [-0.3, -0.25) is 0 Å². The Hall–Kier alpha value is -2.26. The smallest absolute Gasteiger partial charge is 0.410 e. The molecule has 0 aliphatic heterocycles. The van der Waals surface area contributed by atoms with Gasteiger partial charge in [-0.2, -0.15) is 5.26 Å². The molecule has 1 rings (SSSR count). The number of nitrogens with one attached hydrogen (secondary N) is 1. The minimum absolute atomic E-state index is 0.0495. The van der Waals surface area contributed by atoms with Crippen LogP contribution in [0.15, 0.2) is 24.3 Å². The number of carbonyl (C=O) groups is 1. The normalized spacial score (nSPS) is 10.8. The third-order valence-corrected chi connectivity index (χ3v) is 3.08. The fourth-order valence-corrected chi connectivity index (χ4v) is 1.97. The number of hydrogen-bond donors (Lipinski definition) is 1. The molecule has 0 aliphatic carbocycles. The molecule has 132 valence electrons. The Morgan fingerprint density at radius 3 is 2.79 bits per heavy atom. The lowest BCUT2D eigenvalue weighted by atomic mass is 10.2. The molecule has 0 heterocycles. The van der Waals surface area contributed by atoms with Crippen LogP contribution in [0, 0.1) is 11.3 Å². The molecule has 0 unspecified atom stereocenters. The van der Waals surface area contributed by atoms with Crippen molar-refractivity contribution < 1.29 is 14.3 Å². The van der Waals surface area contributed by atoms with Gasteiger partial charge in [0.15, 0.2) is 6.61 Å². The number of carbonyl (C=O) groups excluding carboxylic acids is 1. The van der Waals surface area contributed by atoms with Crippen molar-refractivity contribution in [2.45, 2.75) is 39.3 Å². The van der Waals surface area contributed by atoms with Crippen molar-refractivity contribution in [2.24, 2.45) is 0 Å². The van der Waals surface area contributed by atoms with Gasteiger partial charge < -0.3 is 19.7 Å². The Balaban J connectivity index is 2.24. The number of hydrogen-bond acceptors (Lipinski definition) is 5. The lowest BCUT2D eigenvalue weighted by Crippen LogP contribution is -2.35. The molecule has 1 N–H and O–H groups in total. The van der Waals surface area contributed by atoms with Crippen molar-refractivity contribution in [3.8, 4) is 11.8 Å². The summed E-state index contributed by atoms with van der Waals surface area (Å²) in [6.45, 7) is 7.75. The van der Waals surface area contributed by atoms with Crippen LogP contribution in [0.2, 0.25) is 0 Å². The van der Waals surface area contributed by atoms with Gasteiger partial charge >= 0.3 is 6.09 Å². The molecule has 0 saturated carbocycles. The van der Waals surface area contributed by atoms with Gasteiger partial charge in [0.2, 0.25) is 0 Å². The maximum atomic E-state index is 11.8. The highest BCUT2D eigenvalue weighted by atomic mass is 16.6. The van der Waals surface area contributed by atoms with E-state index in [-0.39, 0.29) is 12.7 Å². The molecule has 1 amide bonds. The minimum atomic E-state index is -0.470.